The number of nitrogens with zero attached hydrogens (tertiary/aromatic N) is 2. The molecule has 1 aromatic carbocycles. The SMILES string of the molecule is COc1cccc2c1OC[C@]1(C(=O)O)CN(CC(=O)N3CCCCC3)C[C@H]21. The number of amides is 1. The highest BCUT2D eigenvalue weighted by Gasteiger charge is 2.57. The third-order valence-corrected chi connectivity index (χ3v) is 6.19. The van der Waals surface area contributed by atoms with Crippen LogP contribution in [-0.4, -0.2) is 73.2 Å². The van der Waals surface area contributed by atoms with Crippen molar-refractivity contribution in [2.24, 2.45) is 5.41 Å². The summed E-state index contributed by atoms with van der Waals surface area (Å²) >= 11 is 0. The number of para-hydroxylation sites is 1. The van der Waals surface area contributed by atoms with Crippen LogP contribution in [0.2, 0.25) is 0 Å². The van der Waals surface area contributed by atoms with E-state index in [2.05, 4.69) is 0 Å². The Bertz CT molecular complexity index is 746. The van der Waals surface area contributed by atoms with Gasteiger partial charge in [0.1, 0.15) is 12.0 Å². The predicted molar refractivity (Wildman–Crippen MR) is 98.2 cm³/mol. The monoisotopic (exact) mass is 374 g/mol. The Hall–Kier alpha value is -2.28. The lowest BCUT2D eigenvalue weighted by Crippen LogP contribution is -2.46. The van der Waals surface area contributed by atoms with Crippen LogP contribution < -0.4 is 9.47 Å². The zero-order valence-corrected chi connectivity index (χ0v) is 15.6. The van der Waals surface area contributed by atoms with Crippen LogP contribution in [0.1, 0.15) is 30.7 Å². The fraction of sp³-hybridized carbons (Fsp3) is 0.600. The first-order valence-electron chi connectivity index (χ1n) is 9.58. The molecule has 1 aromatic rings. The van der Waals surface area contributed by atoms with E-state index >= 15 is 0 Å². The van der Waals surface area contributed by atoms with Gasteiger partial charge in [0.15, 0.2) is 11.5 Å². The second-order valence-electron chi connectivity index (χ2n) is 7.79. The molecule has 2 atom stereocenters. The average molecular weight is 374 g/mol. The van der Waals surface area contributed by atoms with Crippen molar-refractivity contribution in [3.05, 3.63) is 23.8 Å². The maximum absolute atomic E-state index is 12.7. The molecule has 3 aliphatic heterocycles. The van der Waals surface area contributed by atoms with E-state index in [9.17, 15) is 14.7 Å². The average Bonchev–Trinajstić information content (AvgIpc) is 3.08. The Morgan fingerprint density at radius 3 is 2.78 bits per heavy atom. The lowest BCUT2D eigenvalue weighted by molar-refractivity contribution is -0.152. The second-order valence-corrected chi connectivity index (χ2v) is 7.79. The standard InChI is InChI=1S/C20H26N2O5/c1-26-16-7-5-6-14-15-10-21(11-17(23)22-8-3-2-4-9-22)12-20(15,19(24)25)13-27-18(14)16/h5-7,15H,2-4,8-13H2,1H3,(H,24,25)/t15-,20-/m1/s1. The Morgan fingerprint density at radius 1 is 1.30 bits per heavy atom. The molecule has 1 amide bonds. The van der Waals surface area contributed by atoms with Gasteiger partial charge in [0.25, 0.3) is 0 Å². The van der Waals surface area contributed by atoms with Crippen LogP contribution in [0.15, 0.2) is 18.2 Å². The van der Waals surface area contributed by atoms with E-state index in [0.717, 1.165) is 31.5 Å². The van der Waals surface area contributed by atoms with Gasteiger partial charge in [-0.05, 0) is 25.3 Å². The Labute approximate surface area is 158 Å². The van der Waals surface area contributed by atoms with Crippen molar-refractivity contribution >= 4 is 11.9 Å². The third kappa shape index (κ3) is 3.04. The highest BCUT2D eigenvalue weighted by atomic mass is 16.5. The van der Waals surface area contributed by atoms with Crippen molar-refractivity contribution in [1.82, 2.24) is 9.80 Å². The number of ether oxygens (including phenoxy) is 2. The molecule has 0 spiro atoms. The predicted octanol–water partition coefficient (Wildman–Crippen LogP) is 1.57. The molecule has 4 rings (SSSR count). The number of likely N-dealkylation sites (tertiary alicyclic amines) is 2. The third-order valence-electron chi connectivity index (χ3n) is 6.19. The number of rotatable bonds is 4. The second kappa shape index (κ2) is 7.03. The Kier molecular flexibility index (Phi) is 4.72. The fourth-order valence-electron chi connectivity index (χ4n) is 4.71. The number of hydrogen-bond acceptors (Lipinski definition) is 5. The molecule has 146 valence electrons. The fourth-order valence-corrected chi connectivity index (χ4v) is 4.71. The molecule has 0 bridgehead atoms. The smallest absolute Gasteiger partial charge is 0.315 e. The summed E-state index contributed by atoms with van der Waals surface area (Å²) in [4.78, 5) is 28.8. The number of carbonyl (C=O) groups excluding carboxylic acids is 1. The number of carboxylic acid groups (broad SMARTS) is 1. The summed E-state index contributed by atoms with van der Waals surface area (Å²) in [6, 6.07) is 5.59. The first kappa shape index (κ1) is 18.1. The molecule has 0 unspecified atom stereocenters. The lowest BCUT2D eigenvalue weighted by atomic mass is 9.73. The van der Waals surface area contributed by atoms with Gasteiger partial charge in [0.2, 0.25) is 5.91 Å². The molecule has 3 aliphatic rings. The molecule has 7 nitrogen and oxygen atoms in total. The summed E-state index contributed by atoms with van der Waals surface area (Å²) in [5.41, 5.74) is -0.169. The first-order valence-corrected chi connectivity index (χ1v) is 9.58. The summed E-state index contributed by atoms with van der Waals surface area (Å²) in [7, 11) is 1.58. The Balaban J connectivity index is 1.58. The summed E-state index contributed by atoms with van der Waals surface area (Å²) in [6.07, 6.45) is 3.27. The normalized spacial score (nSPS) is 27.4. The van der Waals surface area contributed by atoms with E-state index in [1.807, 2.05) is 28.0 Å². The van der Waals surface area contributed by atoms with Gasteiger partial charge in [0, 0.05) is 37.7 Å². The number of piperidine rings is 1. The molecule has 0 saturated carbocycles. The van der Waals surface area contributed by atoms with Crippen LogP contribution in [0.25, 0.3) is 0 Å². The zero-order valence-electron chi connectivity index (χ0n) is 15.6. The van der Waals surface area contributed by atoms with Crippen LogP contribution >= 0.6 is 0 Å². The van der Waals surface area contributed by atoms with Gasteiger partial charge >= 0.3 is 5.97 Å². The summed E-state index contributed by atoms with van der Waals surface area (Å²) < 4.78 is 11.2. The van der Waals surface area contributed by atoms with Gasteiger partial charge in [-0.3, -0.25) is 14.5 Å². The number of benzene rings is 1. The number of aliphatic carboxylic acids is 1. The maximum atomic E-state index is 12.7. The van der Waals surface area contributed by atoms with E-state index in [4.69, 9.17) is 9.47 Å². The van der Waals surface area contributed by atoms with Crippen molar-refractivity contribution in [2.75, 3.05) is 46.4 Å². The molecule has 1 N–H and O–H groups in total. The van der Waals surface area contributed by atoms with Gasteiger partial charge in [0.05, 0.1) is 13.7 Å². The van der Waals surface area contributed by atoms with Crippen LogP contribution in [0, 0.1) is 5.41 Å². The minimum atomic E-state index is -1.03. The lowest BCUT2D eigenvalue weighted by Gasteiger charge is -2.36. The molecular formula is C20H26N2O5. The minimum Gasteiger partial charge on any atom is -0.493 e. The van der Waals surface area contributed by atoms with Crippen molar-refractivity contribution in [1.29, 1.82) is 0 Å². The van der Waals surface area contributed by atoms with Crippen LogP contribution in [0.5, 0.6) is 11.5 Å². The van der Waals surface area contributed by atoms with E-state index in [1.54, 1.807) is 7.11 Å². The molecule has 0 radical (unpaired) electrons. The minimum absolute atomic E-state index is 0.0920. The number of carbonyl (C=O) groups is 2. The number of fused-ring (bicyclic) bond motifs is 3. The molecule has 2 saturated heterocycles. The van der Waals surface area contributed by atoms with Crippen molar-refractivity contribution in [2.45, 2.75) is 25.2 Å². The van der Waals surface area contributed by atoms with E-state index in [0.29, 0.717) is 24.6 Å². The maximum Gasteiger partial charge on any atom is 0.315 e. The number of hydrogen-bond donors (Lipinski definition) is 1. The summed E-state index contributed by atoms with van der Waals surface area (Å²) in [5.74, 6) is 0.262. The quantitative estimate of drug-likeness (QED) is 0.862. The van der Waals surface area contributed by atoms with Crippen molar-refractivity contribution in [3.8, 4) is 11.5 Å². The van der Waals surface area contributed by atoms with Gasteiger partial charge in [-0.15, -0.1) is 0 Å². The topological polar surface area (TPSA) is 79.3 Å². The molecule has 27 heavy (non-hydrogen) atoms. The summed E-state index contributed by atoms with van der Waals surface area (Å²) in [6.45, 7) is 2.84. The molecule has 2 fully saturated rings. The highest BCUT2D eigenvalue weighted by molar-refractivity contribution is 5.81. The first-order chi connectivity index (χ1) is 13.0. The zero-order chi connectivity index (χ0) is 19.0. The Morgan fingerprint density at radius 2 is 2.07 bits per heavy atom. The van der Waals surface area contributed by atoms with Gasteiger partial charge in [-0.25, -0.2) is 0 Å². The molecular weight excluding hydrogens is 348 g/mol. The number of carboxylic acids is 1. The van der Waals surface area contributed by atoms with E-state index in [1.165, 1.54) is 6.42 Å². The molecule has 7 heteroatoms. The molecule has 0 aliphatic carbocycles. The van der Waals surface area contributed by atoms with Gasteiger partial charge in [-0.2, -0.15) is 0 Å². The van der Waals surface area contributed by atoms with Crippen LogP contribution in [0.4, 0.5) is 0 Å². The van der Waals surface area contributed by atoms with Gasteiger partial charge in [-0.1, -0.05) is 12.1 Å². The van der Waals surface area contributed by atoms with Crippen molar-refractivity contribution < 1.29 is 24.2 Å². The van der Waals surface area contributed by atoms with Crippen LogP contribution in [0.3, 0.4) is 0 Å². The molecule has 0 aromatic heterocycles. The summed E-state index contributed by atoms with van der Waals surface area (Å²) in [5, 5.41) is 10.0. The highest BCUT2D eigenvalue weighted by Crippen LogP contribution is 2.52. The van der Waals surface area contributed by atoms with Gasteiger partial charge < -0.3 is 19.5 Å². The molecule has 3 heterocycles. The van der Waals surface area contributed by atoms with E-state index < -0.39 is 11.4 Å². The number of methoxy groups -OCH3 is 1. The van der Waals surface area contributed by atoms with E-state index in [-0.39, 0.29) is 25.0 Å². The van der Waals surface area contributed by atoms with Crippen LogP contribution in [-0.2, 0) is 9.59 Å². The van der Waals surface area contributed by atoms with Crippen molar-refractivity contribution in [3.63, 3.8) is 0 Å². The largest absolute Gasteiger partial charge is 0.493 e.